The molecule has 1 rings (SSSR count). The number of carbonyl (C=O) groups excluding carboxylic acids is 1. The predicted octanol–water partition coefficient (Wildman–Crippen LogP) is 1.35. The smallest absolute Gasteiger partial charge is 0.308 e. The first-order valence-corrected chi connectivity index (χ1v) is 5.45. The molecule has 0 aliphatic rings. The summed E-state index contributed by atoms with van der Waals surface area (Å²) in [7, 11) is 1.19. The van der Waals surface area contributed by atoms with Crippen molar-refractivity contribution in [3.63, 3.8) is 0 Å². The van der Waals surface area contributed by atoms with E-state index in [9.17, 15) is 15.0 Å². The summed E-state index contributed by atoms with van der Waals surface area (Å²) in [4.78, 5) is 14.7. The topological polar surface area (TPSA) is 79.7 Å². The molecule has 0 amide bonds. The summed E-state index contributed by atoms with van der Waals surface area (Å²) in [6.45, 7) is 0. The fraction of sp³-hybridized carbons (Fsp3) is 0.400. The number of nitrogens with zero attached hydrogens (tertiary/aromatic N) is 1. The van der Waals surface area contributed by atoms with Crippen LogP contribution in [0.4, 0.5) is 0 Å². The van der Waals surface area contributed by atoms with E-state index >= 15 is 0 Å². The molecule has 0 radical (unpaired) electrons. The number of esters is 1. The second-order valence-corrected chi connectivity index (χ2v) is 4.16. The van der Waals surface area contributed by atoms with Gasteiger partial charge < -0.3 is 14.9 Å². The first-order chi connectivity index (χ1) is 7.95. The minimum absolute atomic E-state index is 0.0625. The zero-order valence-electron chi connectivity index (χ0n) is 8.93. The van der Waals surface area contributed by atoms with E-state index in [1.54, 1.807) is 0 Å². The van der Waals surface area contributed by atoms with Gasteiger partial charge in [0.05, 0.1) is 35.4 Å². The van der Waals surface area contributed by atoms with E-state index in [2.05, 4.69) is 9.72 Å². The average Bonchev–Trinajstić information content (AvgIpc) is 2.28. The third kappa shape index (κ3) is 3.81. The van der Waals surface area contributed by atoms with Gasteiger partial charge in [-0.25, -0.2) is 0 Å². The van der Waals surface area contributed by atoms with E-state index in [0.717, 1.165) is 0 Å². The third-order valence-electron chi connectivity index (χ3n) is 2.08. The molecule has 1 heterocycles. The van der Waals surface area contributed by atoms with Crippen LogP contribution >= 0.6 is 23.2 Å². The van der Waals surface area contributed by atoms with Crippen molar-refractivity contribution in [2.45, 2.75) is 18.6 Å². The van der Waals surface area contributed by atoms with E-state index in [0.29, 0.717) is 5.02 Å². The highest BCUT2D eigenvalue weighted by molar-refractivity contribution is 6.34. The van der Waals surface area contributed by atoms with E-state index in [1.165, 1.54) is 19.4 Å². The van der Waals surface area contributed by atoms with Crippen LogP contribution in [-0.2, 0) is 9.53 Å². The zero-order valence-corrected chi connectivity index (χ0v) is 10.4. The second-order valence-electron chi connectivity index (χ2n) is 3.31. The number of aliphatic hydroxyl groups is 2. The maximum absolute atomic E-state index is 10.9. The van der Waals surface area contributed by atoms with Crippen molar-refractivity contribution in [1.82, 2.24) is 4.98 Å². The summed E-state index contributed by atoms with van der Waals surface area (Å²) in [6, 6.07) is 1.39. The molecule has 94 valence electrons. The van der Waals surface area contributed by atoms with Gasteiger partial charge in [0.25, 0.3) is 0 Å². The molecule has 0 fully saturated rings. The Kier molecular flexibility index (Phi) is 5.14. The lowest BCUT2D eigenvalue weighted by molar-refractivity contribution is -0.144. The highest BCUT2D eigenvalue weighted by Crippen LogP contribution is 2.26. The average molecular weight is 280 g/mol. The number of methoxy groups -OCH3 is 1. The number of hydrogen-bond donors (Lipinski definition) is 2. The first kappa shape index (κ1) is 14.2. The first-order valence-electron chi connectivity index (χ1n) is 4.69. The van der Waals surface area contributed by atoms with Crippen LogP contribution in [0.2, 0.25) is 10.0 Å². The summed E-state index contributed by atoms with van der Waals surface area (Å²) in [5, 5.41) is 19.8. The second kappa shape index (κ2) is 6.16. The van der Waals surface area contributed by atoms with E-state index < -0.39 is 18.2 Å². The van der Waals surface area contributed by atoms with Crippen molar-refractivity contribution in [3.8, 4) is 0 Å². The van der Waals surface area contributed by atoms with Crippen LogP contribution < -0.4 is 0 Å². The van der Waals surface area contributed by atoms with Gasteiger partial charge >= 0.3 is 5.97 Å². The number of halogens is 2. The normalized spacial score (nSPS) is 14.2. The van der Waals surface area contributed by atoms with Crippen molar-refractivity contribution in [3.05, 3.63) is 28.0 Å². The molecule has 7 heteroatoms. The SMILES string of the molecule is COC(=O)CC(O)C(O)c1ncc(Cl)cc1Cl. The molecule has 0 aromatic carbocycles. The fourth-order valence-corrected chi connectivity index (χ4v) is 1.68. The molecule has 17 heavy (non-hydrogen) atoms. The largest absolute Gasteiger partial charge is 0.469 e. The Labute approximate surface area is 108 Å². The maximum Gasteiger partial charge on any atom is 0.308 e. The van der Waals surface area contributed by atoms with Gasteiger partial charge in [-0.1, -0.05) is 23.2 Å². The Balaban J connectivity index is 2.81. The number of pyridine rings is 1. The molecule has 0 bridgehead atoms. The molecule has 0 aliphatic carbocycles. The molecule has 5 nitrogen and oxygen atoms in total. The van der Waals surface area contributed by atoms with Gasteiger partial charge in [-0.2, -0.15) is 0 Å². The summed E-state index contributed by atoms with van der Waals surface area (Å²) >= 11 is 11.4. The summed E-state index contributed by atoms with van der Waals surface area (Å²) < 4.78 is 4.37. The standard InChI is InChI=1S/C10H11Cl2NO4/c1-17-8(15)3-7(14)10(16)9-6(12)2-5(11)4-13-9/h2,4,7,10,14,16H,3H2,1H3. The van der Waals surface area contributed by atoms with Crippen LogP contribution in [-0.4, -0.2) is 34.4 Å². The fourth-order valence-electron chi connectivity index (χ4n) is 1.19. The van der Waals surface area contributed by atoms with Gasteiger partial charge in [0, 0.05) is 6.20 Å². The number of aromatic nitrogens is 1. The lowest BCUT2D eigenvalue weighted by Gasteiger charge is -2.17. The van der Waals surface area contributed by atoms with Crippen molar-refractivity contribution in [2.75, 3.05) is 7.11 Å². The number of aliphatic hydroxyl groups excluding tert-OH is 2. The van der Waals surface area contributed by atoms with Crippen molar-refractivity contribution in [2.24, 2.45) is 0 Å². The molecule has 0 saturated heterocycles. The van der Waals surface area contributed by atoms with Crippen LogP contribution in [0.25, 0.3) is 0 Å². The maximum atomic E-state index is 10.9. The lowest BCUT2D eigenvalue weighted by atomic mass is 10.1. The number of rotatable bonds is 4. The van der Waals surface area contributed by atoms with Crippen LogP contribution in [0.15, 0.2) is 12.3 Å². The monoisotopic (exact) mass is 279 g/mol. The Morgan fingerprint density at radius 2 is 2.18 bits per heavy atom. The van der Waals surface area contributed by atoms with Crippen molar-refractivity contribution < 1.29 is 19.7 Å². The van der Waals surface area contributed by atoms with Crippen LogP contribution in [0.1, 0.15) is 18.2 Å². The van der Waals surface area contributed by atoms with E-state index in [-0.39, 0.29) is 17.1 Å². The third-order valence-corrected chi connectivity index (χ3v) is 2.59. The van der Waals surface area contributed by atoms with Gasteiger partial charge in [-0.05, 0) is 6.07 Å². The van der Waals surface area contributed by atoms with Gasteiger partial charge in [-0.3, -0.25) is 9.78 Å². The highest BCUT2D eigenvalue weighted by atomic mass is 35.5. The number of carbonyl (C=O) groups is 1. The minimum atomic E-state index is -1.38. The Morgan fingerprint density at radius 3 is 2.71 bits per heavy atom. The highest BCUT2D eigenvalue weighted by Gasteiger charge is 2.25. The molecule has 0 aliphatic heterocycles. The molecule has 1 aromatic heterocycles. The summed E-state index contributed by atoms with van der Waals surface area (Å²) in [5.74, 6) is -0.637. The number of hydrogen-bond acceptors (Lipinski definition) is 5. The van der Waals surface area contributed by atoms with Gasteiger partial charge in [-0.15, -0.1) is 0 Å². The summed E-state index contributed by atoms with van der Waals surface area (Å²) in [5.41, 5.74) is 0.0625. The van der Waals surface area contributed by atoms with Crippen molar-refractivity contribution >= 4 is 29.2 Å². The van der Waals surface area contributed by atoms with E-state index in [1.807, 2.05) is 0 Å². The number of ether oxygens (including phenoxy) is 1. The van der Waals surface area contributed by atoms with Crippen molar-refractivity contribution in [1.29, 1.82) is 0 Å². The predicted molar refractivity (Wildman–Crippen MR) is 61.9 cm³/mol. The van der Waals surface area contributed by atoms with Gasteiger partial charge in [0.15, 0.2) is 0 Å². The summed E-state index contributed by atoms with van der Waals surface area (Å²) in [6.07, 6.45) is -1.78. The molecular formula is C10H11Cl2NO4. The Morgan fingerprint density at radius 1 is 1.53 bits per heavy atom. The Hall–Kier alpha value is -0.880. The molecule has 2 unspecified atom stereocenters. The Bertz CT molecular complexity index is 413. The van der Waals surface area contributed by atoms with Crippen LogP contribution in [0.5, 0.6) is 0 Å². The van der Waals surface area contributed by atoms with E-state index in [4.69, 9.17) is 23.2 Å². The molecule has 2 N–H and O–H groups in total. The molecule has 0 saturated carbocycles. The van der Waals surface area contributed by atoms with Gasteiger partial charge in [0.2, 0.25) is 0 Å². The van der Waals surface area contributed by atoms with Crippen LogP contribution in [0.3, 0.4) is 0 Å². The van der Waals surface area contributed by atoms with Gasteiger partial charge in [0.1, 0.15) is 6.10 Å². The molecule has 1 aromatic rings. The minimum Gasteiger partial charge on any atom is -0.469 e. The molecule has 2 atom stereocenters. The molecular weight excluding hydrogens is 269 g/mol. The quantitative estimate of drug-likeness (QED) is 0.814. The van der Waals surface area contributed by atoms with Crippen LogP contribution in [0, 0.1) is 0 Å². The molecule has 0 spiro atoms. The zero-order chi connectivity index (χ0) is 13.0. The lowest BCUT2D eigenvalue weighted by Crippen LogP contribution is -2.23.